The van der Waals surface area contributed by atoms with Crippen LogP contribution in [0.5, 0.6) is 0 Å². The Morgan fingerprint density at radius 2 is 1.90 bits per heavy atom. The van der Waals surface area contributed by atoms with Gasteiger partial charge in [0.05, 0.1) is 21.4 Å². The van der Waals surface area contributed by atoms with E-state index in [0.717, 1.165) is 22.5 Å². The first-order chi connectivity index (χ1) is 9.90. The van der Waals surface area contributed by atoms with Gasteiger partial charge in [-0.15, -0.1) is 0 Å². The molecular weight excluding hydrogens is 305 g/mol. The maximum atomic E-state index is 6.21. The largest absolute Gasteiger partial charge is 0.398 e. The third-order valence-electron chi connectivity index (χ3n) is 3.18. The summed E-state index contributed by atoms with van der Waals surface area (Å²) >= 11 is 12.2. The van der Waals surface area contributed by atoms with Gasteiger partial charge in [-0.2, -0.15) is 5.10 Å². The highest BCUT2D eigenvalue weighted by Crippen LogP contribution is 2.32. The van der Waals surface area contributed by atoms with Crippen LogP contribution in [0.4, 0.5) is 11.4 Å². The van der Waals surface area contributed by atoms with Gasteiger partial charge < -0.3 is 5.73 Å². The molecule has 0 aliphatic heterocycles. The molecule has 0 heterocycles. The molecule has 21 heavy (non-hydrogen) atoms. The molecule has 2 aromatic carbocycles. The highest BCUT2D eigenvalue weighted by Gasteiger charge is 2.10. The van der Waals surface area contributed by atoms with Gasteiger partial charge in [0.2, 0.25) is 0 Å². The van der Waals surface area contributed by atoms with Gasteiger partial charge in [-0.3, -0.25) is 5.01 Å². The molecule has 0 aliphatic carbocycles. The number of hydrogen-bond donors (Lipinski definition) is 1. The molecule has 0 aromatic heterocycles. The van der Waals surface area contributed by atoms with Crippen molar-refractivity contribution in [2.75, 3.05) is 17.8 Å². The first kappa shape index (κ1) is 15.7. The molecule has 0 radical (unpaired) electrons. The summed E-state index contributed by atoms with van der Waals surface area (Å²) in [5.74, 6) is 0. The summed E-state index contributed by atoms with van der Waals surface area (Å²) in [6, 6.07) is 11.3. The first-order valence-electron chi connectivity index (χ1n) is 6.49. The van der Waals surface area contributed by atoms with Crippen LogP contribution in [-0.4, -0.2) is 12.8 Å². The predicted molar refractivity (Wildman–Crippen MR) is 92.7 cm³/mol. The summed E-state index contributed by atoms with van der Waals surface area (Å²) in [5, 5.41) is 7.23. The van der Waals surface area contributed by atoms with Gasteiger partial charge in [0.1, 0.15) is 0 Å². The lowest BCUT2D eigenvalue weighted by atomic mass is 10.1. The number of halogens is 2. The van der Waals surface area contributed by atoms with Crippen molar-refractivity contribution >= 4 is 40.3 Å². The number of nitrogens with zero attached hydrogens (tertiary/aromatic N) is 2. The molecule has 0 bridgehead atoms. The quantitative estimate of drug-likeness (QED) is 0.503. The second kappa shape index (κ2) is 6.37. The Morgan fingerprint density at radius 3 is 2.62 bits per heavy atom. The van der Waals surface area contributed by atoms with Gasteiger partial charge >= 0.3 is 0 Å². The molecule has 0 aliphatic rings. The standard InChI is InChI=1S/C16H17Cl2N3/c1-10-7-8-14(19)12(9-10)11(2)20-21(3)15-6-4-5-13(17)16(15)18/h4-9H,19H2,1-3H3/b20-11+. The van der Waals surface area contributed by atoms with Crippen LogP contribution < -0.4 is 10.7 Å². The number of rotatable bonds is 3. The molecule has 3 nitrogen and oxygen atoms in total. The molecule has 0 unspecified atom stereocenters. The lowest BCUT2D eigenvalue weighted by Crippen LogP contribution is -2.13. The van der Waals surface area contributed by atoms with E-state index in [4.69, 9.17) is 28.9 Å². The Morgan fingerprint density at radius 1 is 1.19 bits per heavy atom. The van der Waals surface area contributed by atoms with E-state index in [1.54, 1.807) is 11.1 Å². The lowest BCUT2D eigenvalue weighted by molar-refractivity contribution is 1.01. The SMILES string of the molecule is C/C(=N\N(C)c1cccc(Cl)c1Cl)c1cc(C)ccc1N. The van der Waals surface area contributed by atoms with Crippen LogP contribution in [0, 0.1) is 6.92 Å². The zero-order valence-corrected chi connectivity index (χ0v) is 13.7. The van der Waals surface area contributed by atoms with Crippen molar-refractivity contribution in [1.82, 2.24) is 0 Å². The topological polar surface area (TPSA) is 41.6 Å². The highest BCUT2D eigenvalue weighted by molar-refractivity contribution is 6.43. The fourth-order valence-corrected chi connectivity index (χ4v) is 2.48. The minimum atomic E-state index is 0.482. The van der Waals surface area contributed by atoms with Gasteiger partial charge in [0.15, 0.2) is 0 Å². The summed E-state index contributed by atoms with van der Waals surface area (Å²) in [6.07, 6.45) is 0. The minimum Gasteiger partial charge on any atom is -0.398 e. The normalized spacial score (nSPS) is 11.6. The van der Waals surface area contributed by atoms with Crippen molar-refractivity contribution < 1.29 is 0 Å². The van der Waals surface area contributed by atoms with Crippen LogP contribution in [0.3, 0.4) is 0 Å². The third-order valence-corrected chi connectivity index (χ3v) is 3.99. The second-order valence-corrected chi connectivity index (χ2v) is 5.66. The fourth-order valence-electron chi connectivity index (χ4n) is 2.06. The summed E-state index contributed by atoms with van der Waals surface area (Å²) < 4.78 is 0. The Balaban J connectivity index is 2.38. The van der Waals surface area contributed by atoms with Gasteiger partial charge in [-0.1, -0.05) is 40.9 Å². The van der Waals surface area contributed by atoms with E-state index < -0.39 is 0 Å². The molecule has 0 amide bonds. The zero-order chi connectivity index (χ0) is 15.6. The molecule has 0 atom stereocenters. The van der Waals surface area contributed by atoms with Gasteiger partial charge in [-0.05, 0) is 38.1 Å². The van der Waals surface area contributed by atoms with Crippen LogP contribution in [-0.2, 0) is 0 Å². The van der Waals surface area contributed by atoms with Crippen LogP contribution in [0.15, 0.2) is 41.5 Å². The molecule has 0 saturated heterocycles. The molecule has 0 saturated carbocycles. The fraction of sp³-hybridized carbons (Fsp3) is 0.188. The minimum absolute atomic E-state index is 0.482. The maximum absolute atomic E-state index is 6.21. The molecule has 110 valence electrons. The number of aryl methyl sites for hydroxylation is 1. The van der Waals surface area contributed by atoms with E-state index >= 15 is 0 Å². The molecule has 5 heteroatoms. The summed E-state index contributed by atoms with van der Waals surface area (Å²) in [4.78, 5) is 0. The number of hydrazone groups is 1. The molecule has 2 aromatic rings. The van der Waals surface area contributed by atoms with Gasteiger partial charge in [0.25, 0.3) is 0 Å². The zero-order valence-electron chi connectivity index (χ0n) is 12.2. The predicted octanol–water partition coefficient (Wildman–Crippen LogP) is 4.74. The molecule has 0 fully saturated rings. The van der Waals surface area contributed by atoms with Crippen molar-refractivity contribution in [1.29, 1.82) is 0 Å². The van der Waals surface area contributed by atoms with Crippen molar-refractivity contribution in [2.24, 2.45) is 5.10 Å². The number of benzene rings is 2. The number of nitrogens with two attached hydrogens (primary N) is 1. The lowest BCUT2D eigenvalue weighted by Gasteiger charge is -2.17. The molecule has 2 N–H and O–H groups in total. The van der Waals surface area contributed by atoms with Crippen LogP contribution in [0.25, 0.3) is 0 Å². The molecular formula is C16H17Cl2N3. The first-order valence-corrected chi connectivity index (χ1v) is 7.25. The van der Waals surface area contributed by atoms with Crippen molar-refractivity contribution in [3.63, 3.8) is 0 Å². The molecule has 2 rings (SSSR count). The van der Waals surface area contributed by atoms with E-state index in [1.165, 1.54) is 0 Å². The third kappa shape index (κ3) is 3.49. The van der Waals surface area contributed by atoms with Crippen molar-refractivity contribution in [2.45, 2.75) is 13.8 Å². The molecule has 0 spiro atoms. The Labute approximate surface area is 135 Å². The summed E-state index contributed by atoms with van der Waals surface area (Å²) in [5.41, 5.74) is 10.3. The van der Waals surface area contributed by atoms with E-state index in [-0.39, 0.29) is 0 Å². The second-order valence-electron chi connectivity index (χ2n) is 4.87. The maximum Gasteiger partial charge on any atom is 0.0844 e. The Bertz CT molecular complexity index is 696. The van der Waals surface area contributed by atoms with Crippen molar-refractivity contribution in [3.8, 4) is 0 Å². The Hall–Kier alpha value is -1.71. The average molecular weight is 322 g/mol. The average Bonchev–Trinajstić information content (AvgIpc) is 2.44. The van der Waals surface area contributed by atoms with Gasteiger partial charge in [-0.25, -0.2) is 0 Å². The van der Waals surface area contributed by atoms with Gasteiger partial charge in [0, 0.05) is 18.3 Å². The summed E-state index contributed by atoms with van der Waals surface area (Å²) in [6.45, 7) is 3.94. The number of hydrogen-bond acceptors (Lipinski definition) is 3. The highest BCUT2D eigenvalue weighted by atomic mass is 35.5. The smallest absolute Gasteiger partial charge is 0.0844 e. The van der Waals surface area contributed by atoms with E-state index in [9.17, 15) is 0 Å². The van der Waals surface area contributed by atoms with Crippen LogP contribution >= 0.6 is 23.2 Å². The van der Waals surface area contributed by atoms with Crippen molar-refractivity contribution in [3.05, 3.63) is 57.6 Å². The van der Waals surface area contributed by atoms with E-state index in [0.29, 0.717) is 15.7 Å². The number of nitrogen functional groups attached to an aromatic ring is 1. The van der Waals surface area contributed by atoms with Crippen LogP contribution in [0.2, 0.25) is 10.0 Å². The monoisotopic (exact) mass is 321 g/mol. The van der Waals surface area contributed by atoms with Crippen LogP contribution in [0.1, 0.15) is 18.1 Å². The number of anilines is 2. The summed E-state index contributed by atoms with van der Waals surface area (Å²) in [7, 11) is 1.83. The van der Waals surface area contributed by atoms with E-state index in [2.05, 4.69) is 5.10 Å². The van der Waals surface area contributed by atoms with E-state index in [1.807, 2.05) is 51.2 Å². The Kier molecular flexibility index (Phi) is 4.76.